The van der Waals surface area contributed by atoms with Crippen LogP contribution in [0.5, 0.6) is 0 Å². The first-order valence-electron chi connectivity index (χ1n) is 12.9. The van der Waals surface area contributed by atoms with Crippen LogP contribution in [-0.2, 0) is 32.6 Å². The van der Waals surface area contributed by atoms with Crippen molar-refractivity contribution in [2.75, 3.05) is 0 Å². The van der Waals surface area contributed by atoms with Gasteiger partial charge in [0.15, 0.2) is 17.2 Å². The number of aromatic nitrogens is 7. The smallest absolute Gasteiger partial charge is 0.333 e. The van der Waals surface area contributed by atoms with Crippen molar-refractivity contribution in [3.05, 3.63) is 76.9 Å². The molecule has 1 fully saturated rings. The normalized spacial score (nSPS) is 15.3. The number of pyridine rings is 1. The molecular weight excluding hydrogens is 510 g/mol. The molecule has 7 nitrogen and oxygen atoms in total. The highest BCUT2D eigenvalue weighted by molar-refractivity contribution is 5.84. The monoisotopic (exact) mass is 533 g/mol. The Kier molecular flexibility index (Phi) is 5.33. The van der Waals surface area contributed by atoms with Crippen molar-refractivity contribution in [1.82, 2.24) is 34.3 Å². The molecule has 1 aromatic carbocycles. The Labute approximate surface area is 220 Å². The van der Waals surface area contributed by atoms with Crippen LogP contribution in [0.15, 0.2) is 42.9 Å². The van der Waals surface area contributed by atoms with Crippen molar-refractivity contribution in [1.29, 1.82) is 0 Å². The molecule has 0 spiro atoms. The molecule has 0 amide bonds. The molecule has 0 radical (unpaired) electrons. The van der Waals surface area contributed by atoms with E-state index in [1.165, 1.54) is 10.8 Å². The third-order valence-corrected chi connectivity index (χ3v) is 7.44. The van der Waals surface area contributed by atoms with Crippen LogP contribution in [0.2, 0.25) is 0 Å². The molecule has 4 aromatic heterocycles. The number of rotatable bonds is 5. The van der Waals surface area contributed by atoms with Crippen molar-refractivity contribution < 1.29 is 17.6 Å². The fourth-order valence-electron chi connectivity index (χ4n) is 5.44. The maximum Gasteiger partial charge on any atom is 0.434 e. The molecule has 0 N–H and O–H groups in total. The summed E-state index contributed by atoms with van der Waals surface area (Å²) in [5.74, 6) is 0.552. The molecule has 2 aliphatic carbocycles. The van der Waals surface area contributed by atoms with E-state index in [-0.39, 0.29) is 17.6 Å². The predicted octanol–water partition coefficient (Wildman–Crippen LogP) is 5.86. The van der Waals surface area contributed by atoms with Gasteiger partial charge in [-0.2, -0.15) is 18.3 Å². The third-order valence-electron chi connectivity index (χ3n) is 7.44. The lowest BCUT2D eigenvalue weighted by atomic mass is 9.99. The highest BCUT2D eigenvalue weighted by atomic mass is 19.4. The molecule has 4 heterocycles. The second-order valence-electron chi connectivity index (χ2n) is 10.3. The topological polar surface area (TPSA) is 74.3 Å². The number of halogens is 4. The number of aryl methyl sites for hydroxylation is 3. The van der Waals surface area contributed by atoms with Gasteiger partial charge in [0.2, 0.25) is 0 Å². The third kappa shape index (κ3) is 4.16. The lowest BCUT2D eigenvalue weighted by Crippen LogP contribution is -2.07. The Morgan fingerprint density at radius 3 is 2.46 bits per heavy atom. The summed E-state index contributed by atoms with van der Waals surface area (Å²) in [5, 5.41) is 5.80. The van der Waals surface area contributed by atoms with E-state index in [0.29, 0.717) is 34.7 Å². The molecule has 0 aliphatic heterocycles. The molecule has 198 valence electrons. The Morgan fingerprint density at radius 2 is 1.74 bits per heavy atom. The van der Waals surface area contributed by atoms with E-state index in [0.717, 1.165) is 60.6 Å². The maximum absolute atomic E-state index is 14.7. The van der Waals surface area contributed by atoms with Crippen molar-refractivity contribution in [3.63, 3.8) is 0 Å². The zero-order valence-electron chi connectivity index (χ0n) is 21.0. The van der Waals surface area contributed by atoms with Gasteiger partial charge in [-0.05, 0) is 43.6 Å². The molecule has 0 saturated heterocycles. The van der Waals surface area contributed by atoms with E-state index < -0.39 is 11.9 Å². The SMILES string of the molecule is Cn1cc(C(F)(F)F)nc1-c1ccc(Cn2nc3c4c(nc(-c5cncc(F)c5C5CC5)nc42)CCC3)cc1. The molecule has 0 atom stereocenters. The summed E-state index contributed by atoms with van der Waals surface area (Å²) in [4.78, 5) is 17.6. The van der Waals surface area contributed by atoms with Gasteiger partial charge >= 0.3 is 6.18 Å². The summed E-state index contributed by atoms with van der Waals surface area (Å²) >= 11 is 0. The first-order chi connectivity index (χ1) is 18.8. The van der Waals surface area contributed by atoms with E-state index in [1.54, 1.807) is 25.4 Å². The van der Waals surface area contributed by atoms with Crippen molar-refractivity contribution in [2.45, 2.75) is 50.7 Å². The molecule has 39 heavy (non-hydrogen) atoms. The van der Waals surface area contributed by atoms with E-state index in [4.69, 9.17) is 15.1 Å². The van der Waals surface area contributed by atoms with Gasteiger partial charge in [-0.1, -0.05) is 24.3 Å². The van der Waals surface area contributed by atoms with Crippen molar-refractivity contribution in [3.8, 4) is 22.8 Å². The first kappa shape index (κ1) is 23.9. The lowest BCUT2D eigenvalue weighted by Gasteiger charge is -2.13. The minimum Gasteiger partial charge on any atom is -0.333 e. The minimum atomic E-state index is -4.50. The van der Waals surface area contributed by atoms with Gasteiger partial charge < -0.3 is 4.57 Å². The Bertz CT molecular complexity index is 1730. The fraction of sp³-hybridized carbons (Fsp3) is 0.321. The Morgan fingerprint density at radius 1 is 0.974 bits per heavy atom. The molecule has 0 bridgehead atoms. The second kappa shape index (κ2) is 8.69. The van der Waals surface area contributed by atoms with E-state index >= 15 is 0 Å². The van der Waals surface area contributed by atoms with Gasteiger partial charge in [0.1, 0.15) is 11.6 Å². The van der Waals surface area contributed by atoms with E-state index in [1.807, 2.05) is 16.8 Å². The standard InChI is InChI=1S/C28H23F4N7/c1-38-14-22(28(30,31)32)35-26(38)17-7-5-15(6-8-17)13-39-27-24-20(3-2-4-21(24)37-39)34-25(36-27)18-11-33-12-19(29)23(18)16-9-10-16/h5-8,11-12,14,16H,2-4,9-10,13H2,1H3. The highest BCUT2D eigenvalue weighted by Gasteiger charge is 2.35. The molecule has 2 aliphatic rings. The lowest BCUT2D eigenvalue weighted by molar-refractivity contribution is -0.140. The summed E-state index contributed by atoms with van der Waals surface area (Å²) in [5.41, 5.74) is 4.39. The fourth-order valence-corrected chi connectivity index (χ4v) is 5.44. The van der Waals surface area contributed by atoms with Crippen LogP contribution < -0.4 is 0 Å². The Hall–Kier alpha value is -4.15. The van der Waals surface area contributed by atoms with Crippen LogP contribution in [0.25, 0.3) is 33.8 Å². The van der Waals surface area contributed by atoms with Crippen molar-refractivity contribution in [2.24, 2.45) is 7.05 Å². The van der Waals surface area contributed by atoms with Gasteiger partial charge in [-0.15, -0.1) is 0 Å². The predicted molar refractivity (Wildman–Crippen MR) is 135 cm³/mol. The quantitative estimate of drug-likeness (QED) is 0.265. The number of nitrogens with zero attached hydrogens (tertiary/aromatic N) is 7. The van der Waals surface area contributed by atoms with Gasteiger partial charge in [-0.25, -0.2) is 24.0 Å². The van der Waals surface area contributed by atoms with Gasteiger partial charge in [0, 0.05) is 36.1 Å². The van der Waals surface area contributed by atoms with Gasteiger partial charge in [0.25, 0.3) is 0 Å². The molecule has 11 heteroatoms. The largest absolute Gasteiger partial charge is 0.434 e. The first-order valence-corrected chi connectivity index (χ1v) is 12.9. The van der Waals surface area contributed by atoms with Crippen molar-refractivity contribution >= 4 is 11.0 Å². The summed E-state index contributed by atoms with van der Waals surface area (Å²) in [6.07, 6.45) is 3.81. The zero-order chi connectivity index (χ0) is 26.9. The number of alkyl halides is 3. The highest BCUT2D eigenvalue weighted by Crippen LogP contribution is 2.45. The Balaban J connectivity index is 1.26. The van der Waals surface area contributed by atoms with Crippen LogP contribution in [0.3, 0.4) is 0 Å². The van der Waals surface area contributed by atoms with E-state index in [2.05, 4.69) is 9.97 Å². The van der Waals surface area contributed by atoms with E-state index in [9.17, 15) is 17.6 Å². The number of hydrogen-bond acceptors (Lipinski definition) is 5. The molecule has 7 rings (SSSR count). The average Bonchev–Trinajstić information content (AvgIpc) is 3.58. The maximum atomic E-state index is 14.7. The molecular formula is C28H23F4N7. The molecule has 5 aromatic rings. The average molecular weight is 534 g/mol. The minimum absolute atomic E-state index is 0.170. The molecule has 1 saturated carbocycles. The summed E-state index contributed by atoms with van der Waals surface area (Å²) in [7, 11) is 1.54. The van der Waals surface area contributed by atoms with Crippen LogP contribution in [0.1, 0.15) is 53.4 Å². The van der Waals surface area contributed by atoms with Crippen LogP contribution >= 0.6 is 0 Å². The van der Waals surface area contributed by atoms with Crippen LogP contribution in [0.4, 0.5) is 17.6 Å². The summed E-state index contributed by atoms with van der Waals surface area (Å²) in [6.45, 7) is 0.415. The van der Waals surface area contributed by atoms with Crippen LogP contribution in [0, 0.1) is 5.82 Å². The summed E-state index contributed by atoms with van der Waals surface area (Å²) < 4.78 is 57.3. The second-order valence-corrected chi connectivity index (χ2v) is 10.3. The zero-order valence-corrected chi connectivity index (χ0v) is 21.0. The number of hydrogen-bond donors (Lipinski definition) is 0. The van der Waals surface area contributed by atoms with Gasteiger partial charge in [0.05, 0.1) is 29.5 Å². The number of imidazole rings is 1. The summed E-state index contributed by atoms with van der Waals surface area (Å²) in [6, 6.07) is 7.23. The molecule has 0 unspecified atom stereocenters. The van der Waals surface area contributed by atoms with Crippen LogP contribution in [-0.4, -0.2) is 34.3 Å². The number of benzene rings is 1. The van der Waals surface area contributed by atoms with Gasteiger partial charge in [-0.3, -0.25) is 4.98 Å².